The second kappa shape index (κ2) is 7.43. The highest BCUT2D eigenvalue weighted by atomic mass is 79.9. The maximum Gasteiger partial charge on any atom is 0.329 e. The number of ether oxygens (including phenoxy) is 1. The number of rotatable bonds is 4. The zero-order chi connectivity index (χ0) is 17.9. The predicted octanol–water partition coefficient (Wildman–Crippen LogP) is 4.18. The highest BCUT2D eigenvalue weighted by Gasteiger charge is 2.32. The SMILES string of the molecule is O=C(N1CC(OCc2ccc(Br)cc2)C1)n1cnc(-c2ccccc2)c1. The number of amides is 1. The van der Waals surface area contributed by atoms with Gasteiger partial charge in [-0.15, -0.1) is 0 Å². The molecule has 1 fully saturated rings. The maximum atomic E-state index is 12.5. The van der Waals surface area contributed by atoms with Crippen molar-refractivity contribution in [2.45, 2.75) is 12.7 Å². The molecule has 0 saturated carbocycles. The Bertz CT molecular complexity index is 887. The van der Waals surface area contributed by atoms with Crippen LogP contribution >= 0.6 is 15.9 Å². The molecule has 1 aliphatic heterocycles. The number of likely N-dealkylation sites (tertiary alicyclic amines) is 1. The van der Waals surface area contributed by atoms with Crippen LogP contribution < -0.4 is 0 Å². The molecular weight excluding hydrogens is 394 g/mol. The predicted molar refractivity (Wildman–Crippen MR) is 103 cm³/mol. The Labute approximate surface area is 160 Å². The van der Waals surface area contributed by atoms with Crippen molar-refractivity contribution in [1.29, 1.82) is 0 Å². The van der Waals surface area contributed by atoms with Crippen LogP contribution in [-0.4, -0.2) is 39.7 Å². The molecule has 4 rings (SSSR count). The first-order valence-corrected chi connectivity index (χ1v) is 9.23. The van der Waals surface area contributed by atoms with Crippen LogP contribution in [0.3, 0.4) is 0 Å². The monoisotopic (exact) mass is 411 g/mol. The van der Waals surface area contributed by atoms with Crippen LogP contribution in [0.2, 0.25) is 0 Å². The molecule has 132 valence electrons. The van der Waals surface area contributed by atoms with E-state index < -0.39 is 0 Å². The summed E-state index contributed by atoms with van der Waals surface area (Å²) in [6, 6.07) is 17.8. The number of hydrogen-bond donors (Lipinski definition) is 0. The smallest absolute Gasteiger partial charge is 0.329 e. The van der Waals surface area contributed by atoms with E-state index in [1.54, 1.807) is 17.4 Å². The van der Waals surface area contributed by atoms with Crippen molar-refractivity contribution in [1.82, 2.24) is 14.5 Å². The molecule has 0 bridgehead atoms. The van der Waals surface area contributed by atoms with Crippen molar-refractivity contribution < 1.29 is 9.53 Å². The Kier molecular flexibility index (Phi) is 4.86. The van der Waals surface area contributed by atoms with Gasteiger partial charge in [0.05, 0.1) is 31.5 Å². The molecule has 1 aromatic heterocycles. The lowest BCUT2D eigenvalue weighted by molar-refractivity contribution is -0.0440. The summed E-state index contributed by atoms with van der Waals surface area (Å²) >= 11 is 3.42. The molecule has 0 N–H and O–H groups in total. The zero-order valence-electron chi connectivity index (χ0n) is 14.1. The topological polar surface area (TPSA) is 47.4 Å². The molecule has 1 saturated heterocycles. The van der Waals surface area contributed by atoms with E-state index in [9.17, 15) is 4.79 Å². The molecule has 0 radical (unpaired) electrons. The summed E-state index contributed by atoms with van der Waals surface area (Å²) in [5, 5.41) is 0. The summed E-state index contributed by atoms with van der Waals surface area (Å²) in [6.07, 6.45) is 3.42. The highest BCUT2D eigenvalue weighted by molar-refractivity contribution is 9.10. The number of hydrogen-bond acceptors (Lipinski definition) is 3. The van der Waals surface area contributed by atoms with E-state index >= 15 is 0 Å². The fourth-order valence-electron chi connectivity index (χ4n) is 2.84. The standard InChI is InChI=1S/C20H18BrN3O2/c21-17-8-6-15(7-9-17)13-26-18-10-23(11-18)20(25)24-12-19(22-14-24)16-4-2-1-3-5-16/h1-9,12,14,18H,10-11,13H2. The van der Waals surface area contributed by atoms with E-state index in [1.807, 2.05) is 54.6 Å². The summed E-state index contributed by atoms with van der Waals surface area (Å²) in [4.78, 5) is 18.6. The summed E-state index contributed by atoms with van der Waals surface area (Å²) in [6.45, 7) is 1.77. The molecule has 0 aliphatic carbocycles. The van der Waals surface area contributed by atoms with Gasteiger partial charge < -0.3 is 9.64 Å². The first kappa shape index (κ1) is 17.0. The first-order chi connectivity index (χ1) is 12.7. The van der Waals surface area contributed by atoms with E-state index in [0.29, 0.717) is 19.7 Å². The number of benzene rings is 2. The third kappa shape index (κ3) is 3.71. The Balaban J connectivity index is 1.29. The van der Waals surface area contributed by atoms with Gasteiger partial charge in [0.1, 0.15) is 6.33 Å². The molecule has 0 atom stereocenters. The molecule has 2 heterocycles. The van der Waals surface area contributed by atoms with Gasteiger partial charge in [-0.1, -0.05) is 58.4 Å². The molecule has 5 nitrogen and oxygen atoms in total. The summed E-state index contributed by atoms with van der Waals surface area (Å²) in [7, 11) is 0. The van der Waals surface area contributed by atoms with E-state index in [4.69, 9.17) is 4.74 Å². The Morgan fingerprint density at radius 3 is 2.58 bits per heavy atom. The minimum absolute atomic E-state index is 0.0665. The van der Waals surface area contributed by atoms with E-state index in [0.717, 1.165) is 21.3 Å². The minimum Gasteiger partial charge on any atom is -0.370 e. The van der Waals surface area contributed by atoms with Gasteiger partial charge in [-0.2, -0.15) is 0 Å². The lowest BCUT2D eigenvalue weighted by Crippen LogP contribution is -2.55. The van der Waals surface area contributed by atoms with Crippen molar-refractivity contribution in [2.24, 2.45) is 0 Å². The number of carbonyl (C=O) groups is 1. The quantitative estimate of drug-likeness (QED) is 0.646. The van der Waals surface area contributed by atoms with Crippen molar-refractivity contribution in [3.8, 4) is 11.3 Å². The van der Waals surface area contributed by atoms with Crippen molar-refractivity contribution >= 4 is 22.0 Å². The second-order valence-corrected chi connectivity index (χ2v) is 7.19. The normalized spacial score (nSPS) is 14.3. The molecule has 2 aromatic carbocycles. The van der Waals surface area contributed by atoms with Crippen LogP contribution in [-0.2, 0) is 11.3 Å². The van der Waals surface area contributed by atoms with E-state index in [2.05, 4.69) is 20.9 Å². The summed E-state index contributed by atoms with van der Waals surface area (Å²) in [5.41, 5.74) is 2.92. The molecule has 0 spiro atoms. The number of aromatic nitrogens is 2. The molecule has 0 unspecified atom stereocenters. The van der Waals surface area contributed by atoms with Gasteiger partial charge in [-0.25, -0.2) is 9.78 Å². The fourth-order valence-corrected chi connectivity index (χ4v) is 3.11. The average Bonchev–Trinajstić information content (AvgIpc) is 3.13. The lowest BCUT2D eigenvalue weighted by atomic mass is 10.1. The minimum atomic E-state index is -0.0665. The van der Waals surface area contributed by atoms with Gasteiger partial charge in [0, 0.05) is 16.2 Å². The van der Waals surface area contributed by atoms with Crippen molar-refractivity contribution in [3.63, 3.8) is 0 Å². The van der Waals surface area contributed by atoms with E-state index in [-0.39, 0.29) is 12.1 Å². The highest BCUT2D eigenvalue weighted by Crippen LogP contribution is 2.19. The lowest BCUT2D eigenvalue weighted by Gasteiger charge is -2.38. The average molecular weight is 412 g/mol. The van der Waals surface area contributed by atoms with Gasteiger partial charge in [-0.05, 0) is 17.7 Å². The van der Waals surface area contributed by atoms with Crippen LogP contribution in [0.5, 0.6) is 0 Å². The van der Waals surface area contributed by atoms with Crippen LogP contribution in [0.1, 0.15) is 5.56 Å². The van der Waals surface area contributed by atoms with Gasteiger partial charge >= 0.3 is 6.03 Å². The van der Waals surface area contributed by atoms with E-state index in [1.165, 1.54) is 4.57 Å². The van der Waals surface area contributed by atoms with Crippen molar-refractivity contribution in [2.75, 3.05) is 13.1 Å². The second-order valence-electron chi connectivity index (χ2n) is 6.28. The van der Waals surface area contributed by atoms with Gasteiger partial charge in [-0.3, -0.25) is 4.57 Å². The van der Waals surface area contributed by atoms with Crippen molar-refractivity contribution in [3.05, 3.63) is 77.2 Å². The number of halogens is 1. The van der Waals surface area contributed by atoms with Crippen LogP contribution in [0, 0.1) is 0 Å². The zero-order valence-corrected chi connectivity index (χ0v) is 15.7. The Morgan fingerprint density at radius 1 is 1.12 bits per heavy atom. The largest absolute Gasteiger partial charge is 0.370 e. The maximum absolute atomic E-state index is 12.5. The number of nitrogens with zero attached hydrogens (tertiary/aromatic N) is 3. The third-order valence-corrected chi connectivity index (χ3v) is 4.92. The van der Waals surface area contributed by atoms with Gasteiger partial charge in [0.15, 0.2) is 0 Å². The van der Waals surface area contributed by atoms with Gasteiger partial charge in [0.25, 0.3) is 0 Å². The first-order valence-electron chi connectivity index (χ1n) is 8.44. The molecule has 1 amide bonds. The fraction of sp³-hybridized carbons (Fsp3) is 0.200. The molecule has 3 aromatic rings. The molecule has 1 aliphatic rings. The third-order valence-electron chi connectivity index (χ3n) is 4.39. The summed E-state index contributed by atoms with van der Waals surface area (Å²) in [5.74, 6) is 0. The van der Waals surface area contributed by atoms with Crippen LogP contribution in [0.25, 0.3) is 11.3 Å². The molecule has 6 heteroatoms. The molecule has 26 heavy (non-hydrogen) atoms. The van der Waals surface area contributed by atoms with Gasteiger partial charge in [0.2, 0.25) is 0 Å². The van der Waals surface area contributed by atoms with Crippen LogP contribution in [0.15, 0.2) is 71.6 Å². The van der Waals surface area contributed by atoms with Crippen LogP contribution in [0.4, 0.5) is 4.79 Å². The summed E-state index contributed by atoms with van der Waals surface area (Å²) < 4.78 is 8.45. The number of carbonyl (C=O) groups excluding carboxylic acids is 1. The Morgan fingerprint density at radius 2 is 1.85 bits per heavy atom. The molecular formula is C20H18BrN3O2. The Hall–Kier alpha value is -2.44. The number of imidazole rings is 1.